The molecule has 120 valence electrons. The SMILES string of the molecule is NN=Cc1ccc(Oc2cccc(C(F)(F)F)c2)c([N+](=O)[O-])c1. The first kappa shape index (κ1) is 16.3. The Labute approximate surface area is 128 Å². The van der Waals surface area contributed by atoms with Crippen LogP contribution < -0.4 is 10.6 Å². The number of nitrogens with two attached hydrogens (primary N) is 1. The van der Waals surface area contributed by atoms with Gasteiger partial charge >= 0.3 is 11.9 Å². The smallest absolute Gasteiger partial charge is 0.416 e. The van der Waals surface area contributed by atoms with Crippen molar-refractivity contribution in [3.05, 3.63) is 63.7 Å². The van der Waals surface area contributed by atoms with Gasteiger partial charge in [-0.2, -0.15) is 18.3 Å². The van der Waals surface area contributed by atoms with E-state index in [0.29, 0.717) is 5.56 Å². The molecule has 0 unspecified atom stereocenters. The van der Waals surface area contributed by atoms with Crippen LogP contribution in [0.2, 0.25) is 0 Å². The van der Waals surface area contributed by atoms with Crippen LogP contribution in [0.15, 0.2) is 47.6 Å². The third kappa shape index (κ3) is 3.96. The Morgan fingerprint density at radius 3 is 2.57 bits per heavy atom. The average Bonchev–Trinajstić information content (AvgIpc) is 2.48. The molecule has 0 atom stereocenters. The van der Waals surface area contributed by atoms with Crippen LogP contribution in [0.1, 0.15) is 11.1 Å². The number of hydrogen-bond donors (Lipinski definition) is 1. The summed E-state index contributed by atoms with van der Waals surface area (Å²) < 4.78 is 43.2. The highest BCUT2D eigenvalue weighted by atomic mass is 19.4. The van der Waals surface area contributed by atoms with E-state index in [2.05, 4.69) is 5.10 Å². The van der Waals surface area contributed by atoms with Gasteiger partial charge in [0, 0.05) is 11.6 Å². The predicted octanol–water partition coefficient (Wildman–Crippen LogP) is 3.70. The third-order valence-corrected chi connectivity index (χ3v) is 2.79. The van der Waals surface area contributed by atoms with Crippen LogP contribution in [0.5, 0.6) is 11.5 Å². The molecule has 2 N–H and O–H groups in total. The maximum absolute atomic E-state index is 12.7. The molecule has 2 rings (SSSR count). The van der Waals surface area contributed by atoms with Crippen LogP contribution in [0.4, 0.5) is 18.9 Å². The lowest BCUT2D eigenvalue weighted by Gasteiger charge is -2.10. The zero-order valence-corrected chi connectivity index (χ0v) is 11.4. The summed E-state index contributed by atoms with van der Waals surface area (Å²) in [7, 11) is 0. The molecule has 0 amide bonds. The van der Waals surface area contributed by atoms with Gasteiger partial charge in [0.1, 0.15) is 5.75 Å². The van der Waals surface area contributed by atoms with Crippen molar-refractivity contribution >= 4 is 11.9 Å². The van der Waals surface area contributed by atoms with Gasteiger partial charge in [-0.3, -0.25) is 10.1 Å². The molecule has 23 heavy (non-hydrogen) atoms. The number of nitro benzene ring substituents is 1. The number of ether oxygens (including phenoxy) is 1. The lowest BCUT2D eigenvalue weighted by molar-refractivity contribution is -0.385. The zero-order valence-electron chi connectivity index (χ0n) is 11.4. The molecule has 0 saturated carbocycles. The highest BCUT2D eigenvalue weighted by molar-refractivity contribution is 5.81. The molecule has 0 aliphatic carbocycles. The molecule has 0 aliphatic rings. The largest absolute Gasteiger partial charge is 0.450 e. The van der Waals surface area contributed by atoms with Crippen molar-refractivity contribution in [3.63, 3.8) is 0 Å². The molecule has 6 nitrogen and oxygen atoms in total. The van der Waals surface area contributed by atoms with E-state index in [0.717, 1.165) is 24.3 Å². The third-order valence-electron chi connectivity index (χ3n) is 2.79. The summed E-state index contributed by atoms with van der Waals surface area (Å²) >= 11 is 0. The summed E-state index contributed by atoms with van der Waals surface area (Å²) in [5.74, 6) is 4.61. The van der Waals surface area contributed by atoms with Gasteiger partial charge in [-0.15, -0.1) is 0 Å². The van der Waals surface area contributed by atoms with Crippen LogP contribution in [0.3, 0.4) is 0 Å². The Morgan fingerprint density at radius 2 is 1.96 bits per heavy atom. The molecule has 0 spiro atoms. The Kier molecular flexibility index (Phi) is 4.49. The summed E-state index contributed by atoms with van der Waals surface area (Å²) in [5, 5.41) is 14.3. The van der Waals surface area contributed by atoms with E-state index in [9.17, 15) is 23.3 Å². The first-order valence-electron chi connectivity index (χ1n) is 6.18. The number of alkyl halides is 3. The van der Waals surface area contributed by atoms with Crippen molar-refractivity contribution in [2.24, 2.45) is 10.9 Å². The first-order chi connectivity index (χ1) is 10.8. The number of nitrogens with zero attached hydrogens (tertiary/aromatic N) is 2. The Morgan fingerprint density at radius 1 is 1.22 bits per heavy atom. The summed E-state index contributed by atoms with van der Waals surface area (Å²) in [5.41, 5.74) is -0.972. The Bertz CT molecular complexity index is 760. The monoisotopic (exact) mass is 325 g/mol. The van der Waals surface area contributed by atoms with E-state index in [1.165, 1.54) is 24.4 Å². The Balaban J connectivity index is 2.38. The molecule has 0 aromatic heterocycles. The molecule has 9 heteroatoms. The molecule has 0 bridgehead atoms. The van der Waals surface area contributed by atoms with E-state index in [-0.39, 0.29) is 11.5 Å². The molecule has 2 aromatic rings. The van der Waals surface area contributed by atoms with Gasteiger partial charge in [0.15, 0.2) is 0 Å². The summed E-state index contributed by atoms with van der Waals surface area (Å²) in [6.45, 7) is 0. The van der Waals surface area contributed by atoms with Crippen LogP contribution in [0.25, 0.3) is 0 Å². The van der Waals surface area contributed by atoms with Crippen molar-refractivity contribution in [2.75, 3.05) is 0 Å². The van der Waals surface area contributed by atoms with Gasteiger partial charge in [0.2, 0.25) is 5.75 Å². The fourth-order valence-corrected chi connectivity index (χ4v) is 1.79. The number of rotatable bonds is 4. The van der Waals surface area contributed by atoms with Crippen molar-refractivity contribution < 1.29 is 22.8 Å². The summed E-state index contributed by atoms with van der Waals surface area (Å²) in [6, 6.07) is 7.91. The molecule has 0 fully saturated rings. The molecule has 0 radical (unpaired) electrons. The second-order valence-corrected chi connectivity index (χ2v) is 4.39. The second kappa shape index (κ2) is 6.34. The standard InChI is InChI=1S/C14H10F3N3O3/c15-14(16,17)10-2-1-3-11(7-10)23-13-5-4-9(8-19-18)6-12(13)20(21)22/h1-8H,18H2. The van der Waals surface area contributed by atoms with Crippen LogP contribution in [-0.2, 0) is 6.18 Å². The fraction of sp³-hybridized carbons (Fsp3) is 0.0714. The number of halogens is 3. The van der Waals surface area contributed by atoms with Gasteiger partial charge < -0.3 is 10.6 Å². The van der Waals surface area contributed by atoms with Gasteiger partial charge in [-0.1, -0.05) is 6.07 Å². The topological polar surface area (TPSA) is 90.8 Å². The quantitative estimate of drug-likeness (QED) is 0.401. The van der Waals surface area contributed by atoms with Crippen molar-refractivity contribution in [1.29, 1.82) is 0 Å². The van der Waals surface area contributed by atoms with Gasteiger partial charge in [-0.05, 0) is 30.3 Å². The van der Waals surface area contributed by atoms with Gasteiger partial charge in [-0.25, -0.2) is 0 Å². The van der Waals surface area contributed by atoms with E-state index in [1.54, 1.807) is 0 Å². The highest BCUT2D eigenvalue weighted by Crippen LogP contribution is 2.35. The minimum absolute atomic E-state index is 0.164. The lowest BCUT2D eigenvalue weighted by Crippen LogP contribution is -2.04. The Hall–Kier alpha value is -3.10. The van der Waals surface area contributed by atoms with Gasteiger partial charge in [0.25, 0.3) is 0 Å². The maximum Gasteiger partial charge on any atom is 0.416 e. The van der Waals surface area contributed by atoms with E-state index >= 15 is 0 Å². The molecule has 0 aliphatic heterocycles. The maximum atomic E-state index is 12.7. The predicted molar refractivity (Wildman–Crippen MR) is 76.4 cm³/mol. The fourth-order valence-electron chi connectivity index (χ4n) is 1.79. The first-order valence-corrected chi connectivity index (χ1v) is 6.18. The van der Waals surface area contributed by atoms with Crippen molar-refractivity contribution in [1.82, 2.24) is 0 Å². The molecule has 2 aromatic carbocycles. The van der Waals surface area contributed by atoms with Crippen LogP contribution >= 0.6 is 0 Å². The van der Waals surface area contributed by atoms with E-state index in [4.69, 9.17) is 10.6 Å². The number of benzene rings is 2. The number of hydrazone groups is 1. The molecular weight excluding hydrogens is 315 g/mol. The number of hydrogen-bond acceptors (Lipinski definition) is 5. The van der Waals surface area contributed by atoms with Crippen LogP contribution in [-0.4, -0.2) is 11.1 Å². The molecule has 0 saturated heterocycles. The second-order valence-electron chi connectivity index (χ2n) is 4.39. The van der Waals surface area contributed by atoms with Gasteiger partial charge in [0.05, 0.1) is 16.7 Å². The van der Waals surface area contributed by atoms with Crippen molar-refractivity contribution in [2.45, 2.75) is 6.18 Å². The minimum atomic E-state index is -4.53. The summed E-state index contributed by atoms with van der Waals surface area (Å²) in [4.78, 5) is 10.4. The molecular formula is C14H10F3N3O3. The normalized spacial score (nSPS) is 11.6. The average molecular weight is 325 g/mol. The minimum Gasteiger partial charge on any atom is -0.450 e. The lowest BCUT2D eigenvalue weighted by atomic mass is 10.2. The van der Waals surface area contributed by atoms with E-state index < -0.39 is 22.4 Å². The molecule has 0 heterocycles. The summed E-state index contributed by atoms with van der Waals surface area (Å²) in [6.07, 6.45) is -3.34. The zero-order chi connectivity index (χ0) is 17.0. The van der Waals surface area contributed by atoms with Crippen molar-refractivity contribution in [3.8, 4) is 11.5 Å². The van der Waals surface area contributed by atoms with E-state index in [1.807, 2.05) is 0 Å². The van der Waals surface area contributed by atoms with Crippen LogP contribution in [0, 0.1) is 10.1 Å². The number of nitro groups is 1. The highest BCUT2D eigenvalue weighted by Gasteiger charge is 2.30.